The van der Waals surface area contributed by atoms with Crippen molar-refractivity contribution in [1.82, 2.24) is 15.1 Å². The van der Waals surface area contributed by atoms with Crippen LogP contribution in [0.4, 0.5) is 0 Å². The van der Waals surface area contributed by atoms with E-state index in [-0.39, 0.29) is 5.54 Å². The molecule has 1 aromatic heterocycles. The zero-order valence-electron chi connectivity index (χ0n) is 13.4. The molecule has 4 heteroatoms. The minimum Gasteiger partial charge on any atom is -0.306 e. The monoisotopic (exact) mass is 329 g/mol. The van der Waals surface area contributed by atoms with E-state index in [9.17, 15) is 0 Å². The Morgan fingerprint density at radius 3 is 2.21 bits per heavy atom. The molecule has 0 spiro atoms. The molecule has 0 aliphatic rings. The van der Waals surface area contributed by atoms with E-state index in [0.29, 0.717) is 5.41 Å². The number of nitrogens with one attached hydrogen (secondary N) is 1. The van der Waals surface area contributed by atoms with Crippen LogP contribution in [-0.2, 0) is 20.0 Å². The van der Waals surface area contributed by atoms with Crippen molar-refractivity contribution < 1.29 is 0 Å². The van der Waals surface area contributed by atoms with Crippen LogP contribution >= 0.6 is 15.9 Å². The van der Waals surface area contributed by atoms with Crippen LogP contribution in [-0.4, -0.2) is 15.3 Å². The highest BCUT2D eigenvalue weighted by Gasteiger charge is 2.25. The van der Waals surface area contributed by atoms with Gasteiger partial charge in [-0.15, -0.1) is 0 Å². The molecule has 0 amide bonds. The first-order chi connectivity index (χ1) is 8.56. The van der Waals surface area contributed by atoms with E-state index in [1.54, 1.807) is 0 Å². The normalized spacial score (nSPS) is 13.1. The van der Waals surface area contributed by atoms with Crippen molar-refractivity contribution in [2.45, 2.75) is 66.5 Å². The first kappa shape index (κ1) is 16.7. The Kier molecular flexibility index (Phi) is 5.24. The third-order valence-corrected chi connectivity index (χ3v) is 4.12. The summed E-state index contributed by atoms with van der Waals surface area (Å²) in [5, 5.41) is 8.19. The van der Waals surface area contributed by atoms with Crippen LogP contribution in [0.5, 0.6) is 0 Å². The number of rotatable bonds is 5. The van der Waals surface area contributed by atoms with Crippen molar-refractivity contribution >= 4 is 15.9 Å². The van der Waals surface area contributed by atoms with E-state index in [0.717, 1.165) is 29.6 Å². The standard InChI is InChI=1S/C15H28BrN3/c1-8-11-13(16)12(19(7)18-11)9-17-15(5,6)10-14(2,3)4/h17H,8-10H2,1-7H3. The fraction of sp³-hybridized carbons (Fsp3) is 0.800. The molecule has 0 aliphatic heterocycles. The number of aromatic nitrogens is 2. The predicted octanol–water partition coefficient (Wildman–Crippen LogP) is 4.05. The summed E-state index contributed by atoms with van der Waals surface area (Å²) in [7, 11) is 2.01. The minimum absolute atomic E-state index is 0.119. The van der Waals surface area contributed by atoms with Gasteiger partial charge >= 0.3 is 0 Å². The molecule has 0 saturated carbocycles. The highest BCUT2D eigenvalue weighted by atomic mass is 79.9. The van der Waals surface area contributed by atoms with Gasteiger partial charge in [-0.25, -0.2) is 0 Å². The van der Waals surface area contributed by atoms with Gasteiger partial charge in [0.2, 0.25) is 0 Å². The Hall–Kier alpha value is -0.350. The molecule has 1 rings (SSSR count). The number of aryl methyl sites for hydroxylation is 2. The van der Waals surface area contributed by atoms with E-state index >= 15 is 0 Å². The van der Waals surface area contributed by atoms with Gasteiger partial charge in [-0.1, -0.05) is 27.7 Å². The van der Waals surface area contributed by atoms with Crippen LogP contribution in [0.1, 0.15) is 59.4 Å². The molecule has 1 N–H and O–H groups in total. The van der Waals surface area contributed by atoms with Crippen LogP contribution in [0.15, 0.2) is 4.47 Å². The van der Waals surface area contributed by atoms with Crippen molar-refractivity contribution in [2.75, 3.05) is 0 Å². The Balaban J connectivity index is 2.74. The van der Waals surface area contributed by atoms with Crippen LogP contribution in [0.25, 0.3) is 0 Å². The molecule has 0 bridgehead atoms. The Morgan fingerprint density at radius 2 is 1.79 bits per heavy atom. The molecule has 0 saturated heterocycles. The lowest BCUT2D eigenvalue weighted by Crippen LogP contribution is -2.42. The molecule has 110 valence electrons. The van der Waals surface area contributed by atoms with E-state index in [4.69, 9.17) is 0 Å². The average Bonchev–Trinajstić information content (AvgIpc) is 2.48. The van der Waals surface area contributed by atoms with Gasteiger partial charge in [-0.2, -0.15) is 5.10 Å². The number of hydrogen-bond acceptors (Lipinski definition) is 2. The number of hydrogen-bond donors (Lipinski definition) is 1. The third-order valence-electron chi connectivity index (χ3n) is 3.21. The van der Waals surface area contributed by atoms with Gasteiger partial charge in [0.1, 0.15) is 0 Å². The summed E-state index contributed by atoms with van der Waals surface area (Å²) in [4.78, 5) is 0. The molecule has 3 nitrogen and oxygen atoms in total. The van der Waals surface area contributed by atoms with Crippen LogP contribution in [0, 0.1) is 5.41 Å². The van der Waals surface area contributed by atoms with E-state index in [1.165, 1.54) is 5.69 Å². The van der Waals surface area contributed by atoms with Crippen molar-refractivity contribution in [2.24, 2.45) is 12.5 Å². The van der Waals surface area contributed by atoms with Crippen LogP contribution in [0.2, 0.25) is 0 Å². The second-order valence-electron chi connectivity index (χ2n) is 7.16. The first-order valence-electron chi connectivity index (χ1n) is 7.01. The van der Waals surface area contributed by atoms with Crippen molar-refractivity contribution in [1.29, 1.82) is 0 Å². The molecular formula is C15H28BrN3. The summed E-state index contributed by atoms with van der Waals surface area (Å²) in [5.74, 6) is 0. The van der Waals surface area contributed by atoms with Crippen molar-refractivity contribution in [3.05, 3.63) is 15.9 Å². The van der Waals surface area contributed by atoms with E-state index in [2.05, 4.69) is 67.9 Å². The Labute approximate surface area is 126 Å². The quantitative estimate of drug-likeness (QED) is 0.883. The largest absolute Gasteiger partial charge is 0.306 e. The van der Waals surface area contributed by atoms with Gasteiger partial charge in [0, 0.05) is 19.1 Å². The van der Waals surface area contributed by atoms with Crippen LogP contribution < -0.4 is 5.32 Å². The predicted molar refractivity (Wildman–Crippen MR) is 85.3 cm³/mol. The zero-order chi connectivity index (χ0) is 14.8. The fourth-order valence-electron chi connectivity index (χ4n) is 2.72. The summed E-state index contributed by atoms with van der Waals surface area (Å²) in [5.41, 5.74) is 2.80. The Bertz CT molecular complexity index is 427. The summed E-state index contributed by atoms with van der Waals surface area (Å²) >= 11 is 3.67. The summed E-state index contributed by atoms with van der Waals surface area (Å²) in [6.45, 7) is 14.4. The van der Waals surface area contributed by atoms with Gasteiger partial charge < -0.3 is 5.32 Å². The molecule has 0 unspecified atom stereocenters. The third kappa shape index (κ3) is 4.92. The zero-order valence-corrected chi connectivity index (χ0v) is 15.0. The van der Waals surface area contributed by atoms with E-state index in [1.807, 2.05) is 11.7 Å². The lowest BCUT2D eigenvalue weighted by atomic mass is 9.82. The maximum Gasteiger partial charge on any atom is 0.0767 e. The highest BCUT2D eigenvalue weighted by molar-refractivity contribution is 9.10. The first-order valence-corrected chi connectivity index (χ1v) is 7.80. The minimum atomic E-state index is 0.119. The molecule has 1 heterocycles. The lowest BCUT2D eigenvalue weighted by Gasteiger charge is -2.33. The number of nitrogens with zero attached hydrogens (tertiary/aromatic N) is 2. The summed E-state index contributed by atoms with van der Waals surface area (Å²) in [6.07, 6.45) is 2.09. The highest BCUT2D eigenvalue weighted by Crippen LogP contribution is 2.28. The van der Waals surface area contributed by atoms with Crippen molar-refractivity contribution in [3.8, 4) is 0 Å². The lowest BCUT2D eigenvalue weighted by molar-refractivity contribution is 0.239. The number of halogens is 1. The molecule has 19 heavy (non-hydrogen) atoms. The Morgan fingerprint density at radius 1 is 1.21 bits per heavy atom. The molecule has 0 aliphatic carbocycles. The van der Waals surface area contributed by atoms with Gasteiger partial charge in [0.15, 0.2) is 0 Å². The van der Waals surface area contributed by atoms with Gasteiger partial charge in [-0.3, -0.25) is 4.68 Å². The van der Waals surface area contributed by atoms with Gasteiger partial charge in [-0.05, 0) is 48.0 Å². The maximum absolute atomic E-state index is 4.53. The smallest absolute Gasteiger partial charge is 0.0767 e. The average molecular weight is 330 g/mol. The summed E-state index contributed by atoms with van der Waals surface area (Å²) in [6, 6.07) is 0. The molecule has 0 atom stereocenters. The maximum atomic E-state index is 4.53. The topological polar surface area (TPSA) is 29.9 Å². The second-order valence-corrected chi connectivity index (χ2v) is 7.95. The molecule has 0 radical (unpaired) electrons. The van der Waals surface area contributed by atoms with Gasteiger partial charge in [0.05, 0.1) is 15.9 Å². The van der Waals surface area contributed by atoms with Gasteiger partial charge in [0.25, 0.3) is 0 Å². The molecule has 1 aromatic rings. The fourth-order valence-corrected chi connectivity index (χ4v) is 3.48. The molecular weight excluding hydrogens is 302 g/mol. The summed E-state index contributed by atoms with van der Waals surface area (Å²) < 4.78 is 3.12. The van der Waals surface area contributed by atoms with E-state index < -0.39 is 0 Å². The van der Waals surface area contributed by atoms with Crippen molar-refractivity contribution in [3.63, 3.8) is 0 Å². The molecule has 0 fully saturated rings. The van der Waals surface area contributed by atoms with Crippen LogP contribution in [0.3, 0.4) is 0 Å². The second kappa shape index (κ2) is 5.96. The SMILES string of the molecule is CCc1nn(C)c(CNC(C)(C)CC(C)(C)C)c1Br. The molecule has 0 aromatic carbocycles.